The number of benzene rings is 1. The minimum atomic E-state index is -4.39. The average Bonchev–Trinajstić information content (AvgIpc) is 2.23. The van der Waals surface area contributed by atoms with E-state index in [0.717, 1.165) is 17.2 Å². The molecular weight excluding hydrogens is 239 g/mol. The quantitative estimate of drug-likeness (QED) is 0.854. The van der Waals surface area contributed by atoms with Crippen LogP contribution >= 0.6 is 0 Å². The van der Waals surface area contributed by atoms with Gasteiger partial charge < -0.3 is 5.73 Å². The monoisotopic (exact) mass is 257 g/mol. The summed E-state index contributed by atoms with van der Waals surface area (Å²) in [6.07, 6.45) is -2.01. The molecule has 0 heterocycles. The van der Waals surface area contributed by atoms with Gasteiger partial charge in [-0.15, -0.1) is 0 Å². The fourth-order valence-corrected chi connectivity index (χ4v) is 1.43. The Hall–Kier alpha value is -1.29. The van der Waals surface area contributed by atoms with Crippen molar-refractivity contribution in [3.05, 3.63) is 41.5 Å². The third kappa shape index (κ3) is 4.18. The molecule has 2 N–H and O–H groups in total. The number of rotatable bonds is 2. The molecule has 0 unspecified atom stereocenters. The second kappa shape index (κ2) is 5.14. The minimum absolute atomic E-state index is 0.0318. The fraction of sp³-hybridized carbons (Fsp3) is 0.429. The van der Waals surface area contributed by atoms with Crippen LogP contribution in [0.15, 0.2) is 30.3 Å². The molecule has 1 rings (SSSR count). The van der Waals surface area contributed by atoms with Gasteiger partial charge in [0.1, 0.15) is 6.04 Å². The summed E-state index contributed by atoms with van der Waals surface area (Å²) in [5.41, 5.74) is 6.78. The summed E-state index contributed by atoms with van der Waals surface area (Å²) >= 11 is 0. The molecule has 18 heavy (non-hydrogen) atoms. The van der Waals surface area contributed by atoms with Gasteiger partial charge in [0.15, 0.2) is 0 Å². The lowest BCUT2D eigenvalue weighted by Gasteiger charge is -2.19. The Balaban J connectivity index is 2.90. The van der Waals surface area contributed by atoms with Gasteiger partial charge >= 0.3 is 6.18 Å². The van der Waals surface area contributed by atoms with Gasteiger partial charge in [-0.05, 0) is 16.5 Å². The summed E-state index contributed by atoms with van der Waals surface area (Å²) < 4.78 is 36.7. The number of alkyl halides is 3. The van der Waals surface area contributed by atoms with Crippen molar-refractivity contribution in [2.75, 3.05) is 0 Å². The van der Waals surface area contributed by atoms with Crippen LogP contribution in [0.4, 0.5) is 13.2 Å². The van der Waals surface area contributed by atoms with Crippen molar-refractivity contribution in [3.63, 3.8) is 0 Å². The molecule has 0 fully saturated rings. The zero-order valence-corrected chi connectivity index (χ0v) is 10.8. The van der Waals surface area contributed by atoms with Gasteiger partial charge in [-0.3, -0.25) is 0 Å². The second-order valence-electron chi connectivity index (χ2n) is 5.30. The zero-order valence-electron chi connectivity index (χ0n) is 10.8. The number of hydrogen-bond donors (Lipinski definition) is 1. The van der Waals surface area contributed by atoms with Crippen molar-refractivity contribution < 1.29 is 13.2 Å². The molecule has 0 amide bonds. The SMILES string of the molecule is CC(C)(C)c1cccc(C=C[C@H](N)C(F)(F)F)c1. The predicted molar refractivity (Wildman–Crippen MR) is 68.2 cm³/mol. The average molecular weight is 257 g/mol. The Kier molecular flexibility index (Phi) is 4.22. The van der Waals surface area contributed by atoms with Crippen molar-refractivity contribution >= 4 is 6.08 Å². The molecule has 1 nitrogen and oxygen atoms in total. The van der Waals surface area contributed by atoms with Crippen molar-refractivity contribution in [1.29, 1.82) is 0 Å². The predicted octanol–water partition coefficient (Wildman–Crippen LogP) is 3.89. The normalized spacial score (nSPS) is 15.1. The first-order chi connectivity index (χ1) is 8.10. The van der Waals surface area contributed by atoms with Crippen molar-refractivity contribution in [1.82, 2.24) is 0 Å². The number of nitrogens with two attached hydrogens (primary N) is 1. The standard InChI is InChI=1S/C14H18F3N/c1-13(2,3)11-6-4-5-10(9-11)7-8-12(18)14(15,16)17/h4-9,12H,18H2,1-3H3/t12-/m0/s1. The van der Waals surface area contributed by atoms with E-state index in [2.05, 4.69) is 20.8 Å². The molecule has 0 spiro atoms. The van der Waals surface area contributed by atoms with E-state index >= 15 is 0 Å². The summed E-state index contributed by atoms with van der Waals surface area (Å²) in [4.78, 5) is 0. The van der Waals surface area contributed by atoms with Gasteiger partial charge in [0.25, 0.3) is 0 Å². The lowest BCUT2D eigenvalue weighted by molar-refractivity contribution is -0.136. The molecule has 1 aromatic carbocycles. The molecule has 100 valence electrons. The summed E-state index contributed by atoms with van der Waals surface area (Å²) in [5.74, 6) is 0. The van der Waals surface area contributed by atoms with E-state index in [-0.39, 0.29) is 5.41 Å². The first kappa shape index (κ1) is 14.8. The first-order valence-electron chi connectivity index (χ1n) is 5.72. The minimum Gasteiger partial charge on any atom is -0.317 e. The highest BCUT2D eigenvalue weighted by atomic mass is 19.4. The van der Waals surface area contributed by atoms with Crippen LogP contribution in [0.3, 0.4) is 0 Å². The highest BCUT2D eigenvalue weighted by Gasteiger charge is 2.34. The highest BCUT2D eigenvalue weighted by molar-refractivity contribution is 5.52. The van der Waals surface area contributed by atoms with Crippen molar-refractivity contribution in [2.45, 2.75) is 38.4 Å². The molecule has 1 aromatic rings. The van der Waals surface area contributed by atoms with Crippen molar-refractivity contribution in [2.24, 2.45) is 5.73 Å². The fourth-order valence-electron chi connectivity index (χ4n) is 1.43. The molecule has 4 heteroatoms. The number of halogens is 3. The smallest absolute Gasteiger partial charge is 0.317 e. The van der Waals surface area contributed by atoms with E-state index in [9.17, 15) is 13.2 Å². The van der Waals surface area contributed by atoms with Gasteiger partial charge in [-0.2, -0.15) is 13.2 Å². The Labute approximate surface area is 105 Å². The lowest BCUT2D eigenvalue weighted by atomic mass is 9.86. The Morgan fingerprint density at radius 1 is 1.17 bits per heavy atom. The van der Waals surface area contributed by atoms with E-state index in [4.69, 9.17) is 5.73 Å². The van der Waals surface area contributed by atoms with Crippen LogP contribution in [-0.4, -0.2) is 12.2 Å². The van der Waals surface area contributed by atoms with E-state index in [1.54, 1.807) is 6.07 Å². The molecule has 1 atom stereocenters. The largest absolute Gasteiger partial charge is 0.407 e. The highest BCUT2D eigenvalue weighted by Crippen LogP contribution is 2.24. The topological polar surface area (TPSA) is 26.0 Å². The Morgan fingerprint density at radius 2 is 1.78 bits per heavy atom. The van der Waals surface area contributed by atoms with Crippen LogP contribution in [0.2, 0.25) is 0 Å². The van der Waals surface area contributed by atoms with Gasteiger partial charge in [-0.25, -0.2) is 0 Å². The molecule has 0 saturated carbocycles. The Morgan fingerprint density at radius 3 is 2.28 bits per heavy atom. The molecule has 0 aromatic heterocycles. The third-order valence-electron chi connectivity index (χ3n) is 2.63. The summed E-state index contributed by atoms with van der Waals surface area (Å²) in [6.45, 7) is 6.16. The lowest BCUT2D eigenvalue weighted by Crippen LogP contribution is -2.35. The molecule has 0 aliphatic carbocycles. The maximum absolute atomic E-state index is 12.2. The van der Waals surface area contributed by atoms with Crippen LogP contribution in [0.5, 0.6) is 0 Å². The van der Waals surface area contributed by atoms with E-state index < -0.39 is 12.2 Å². The van der Waals surface area contributed by atoms with Gasteiger partial charge in [0.05, 0.1) is 0 Å². The van der Waals surface area contributed by atoms with Crippen LogP contribution in [0.25, 0.3) is 6.08 Å². The van der Waals surface area contributed by atoms with Gasteiger partial charge in [0, 0.05) is 0 Å². The zero-order chi connectivity index (χ0) is 14.0. The van der Waals surface area contributed by atoms with Gasteiger partial charge in [-0.1, -0.05) is 57.2 Å². The van der Waals surface area contributed by atoms with Gasteiger partial charge in [0.2, 0.25) is 0 Å². The summed E-state index contributed by atoms with van der Waals surface area (Å²) in [5, 5.41) is 0. The second-order valence-corrected chi connectivity index (χ2v) is 5.30. The molecule has 0 aliphatic rings. The molecule has 0 saturated heterocycles. The number of hydrogen-bond acceptors (Lipinski definition) is 1. The van der Waals surface area contributed by atoms with E-state index in [1.807, 2.05) is 18.2 Å². The maximum atomic E-state index is 12.2. The van der Waals surface area contributed by atoms with E-state index in [1.165, 1.54) is 6.08 Å². The summed E-state index contributed by atoms with van der Waals surface area (Å²) in [7, 11) is 0. The molecule has 0 aliphatic heterocycles. The van der Waals surface area contributed by atoms with Crippen LogP contribution < -0.4 is 5.73 Å². The third-order valence-corrected chi connectivity index (χ3v) is 2.63. The summed E-state index contributed by atoms with van der Waals surface area (Å²) in [6, 6.07) is 5.50. The van der Waals surface area contributed by atoms with Crippen LogP contribution in [0.1, 0.15) is 31.9 Å². The molecule has 0 bridgehead atoms. The first-order valence-corrected chi connectivity index (χ1v) is 5.72. The Bertz CT molecular complexity index is 427. The van der Waals surface area contributed by atoms with Crippen LogP contribution in [0, 0.1) is 0 Å². The molecular formula is C14H18F3N. The van der Waals surface area contributed by atoms with Crippen molar-refractivity contribution in [3.8, 4) is 0 Å². The van der Waals surface area contributed by atoms with E-state index in [0.29, 0.717) is 0 Å². The van der Waals surface area contributed by atoms with Crippen LogP contribution in [-0.2, 0) is 5.41 Å². The molecule has 0 radical (unpaired) electrons. The maximum Gasteiger partial charge on any atom is 0.407 e.